The average molecular weight is 291 g/mol. The van der Waals surface area contributed by atoms with Crippen molar-refractivity contribution in [1.29, 1.82) is 0 Å². The number of aliphatic carboxylic acids is 1. The smallest absolute Gasteiger partial charge is 0.311 e. The van der Waals surface area contributed by atoms with Crippen LogP contribution in [-0.2, 0) is 9.59 Å². The highest BCUT2D eigenvalue weighted by Crippen LogP contribution is 2.40. The zero-order valence-electron chi connectivity index (χ0n) is 12.4. The highest BCUT2D eigenvalue weighted by Gasteiger charge is 2.44. The summed E-state index contributed by atoms with van der Waals surface area (Å²) in [5, 5.41) is 11.9. The van der Waals surface area contributed by atoms with Crippen LogP contribution in [0.3, 0.4) is 0 Å². The van der Waals surface area contributed by atoms with Gasteiger partial charge in [0.1, 0.15) is 5.75 Å². The third-order valence-corrected chi connectivity index (χ3v) is 4.30. The maximum atomic E-state index is 11.8. The van der Waals surface area contributed by atoms with Gasteiger partial charge in [0.15, 0.2) is 6.61 Å². The number of rotatable bonds is 6. The molecule has 1 aliphatic carbocycles. The molecule has 0 heterocycles. The SMILES string of the molecule is Cc1cccc(OCC(=O)NCC2(C(=O)O)CCC2)c1C. The van der Waals surface area contributed by atoms with Crippen LogP contribution in [0.2, 0.25) is 0 Å². The quantitative estimate of drug-likeness (QED) is 0.841. The first-order valence-electron chi connectivity index (χ1n) is 7.14. The summed E-state index contributed by atoms with van der Waals surface area (Å²) in [6, 6.07) is 5.68. The molecule has 0 unspecified atom stereocenters. The molecule has 0 bridgehead atoms. The van der Waals surface area contributed by atoms with E-state index in [1.165, 1.54) is 0 Å². The van der Waals surface area contributed by atoms with Crippen molar-refractivity contribution in [3.8, 4) is 5.75 Å². The van der Waals surface area contributed by atoms with E-state index in [1.807, 2.05) is 32.0 Å². The number of nitrogens with one attached hydrogen (secondary N) is 1. The van der Waals surface area contributed by atoms with Gasteiger partial charge in [-0.3, -0.25) is 9.59 Å². The fraction of sp³-hybridized carbons (Fsp3) is 0.500. The van der Waals surface area contributed by atoms with Crippen LogP contribution in [0.25, 0.3) is 0 Å². The fourth-order valence-electron chi connectivity index (χ4n) is 2.41. The van der Waals surface area contributed by atoms with Gasteiger partial charge in [0.05, 0.1) is 5.41 Å². The maximum absolute atomic E-state index is 11.8. The molecule has 5 heteroatoms. The first-order valence-corrected chi connectivity index (χ1v) is 7.14. The molecular formula is C16H21NO4. The van der Waals surface area contributed by atoms with Crippen molar-refractivity contribution in [1.82, 2.24) is 5.32 Å². The van der Waals surface area contributed by atoms with E-state index in [9.17, 15) is 14.7 Å². The van der Waals surface area contributed by atoms with Crippen LogP contribution in [0.15, 0.2) is 18.2 Å². The molecule has 0 aromatic heterocycles. The van der Waals surface area contributed by atoms with Crippen molar-refractivity contribution >= 4 is 11.9 Å². The third-order valence-electron chi connectivity index (χ3n) is 4.30. The molecule has 1 aromatic rings. The lowest BCUT2D eigenvalue weighted by molar-refractivity contribution is -0.154. The summed E-state index contributed by atoms with van der Waals surface area (Å²) in [5.41, 5.74) is 1.34. The molecule has 1 amide bonds. The standard InChI is InChI=1S/C16H21NO4/c1-11-5-3-6-13(12(11)2)21-9-14(18)17-10-16(15(19)20)7-4-8-16/h3,5-6H,4,7-10H2,1-2H3,(H,17,18)(H,19,20). The number of carbonyl (C=O) groups is 2. The lowest BCUT2D eigenvalue weighted by atomic mass is 9.69. The second kappa shape index (κ2) is 6.16. The number of carbonyl (C=O) groups excluding carboxylic acids is 1. The molecule has 0 aliphatic heterocycles. The van der Waals surface area contributed by atoms with Gasteiger partial charge in [0, 0.05) is 6.54 Å². The van der Waals surface area contributed by atoms with Crippen molar-refractivity contribution < 1.29 is 19.4 Å². The highest BCUT2D eigenvalue weighted by molar-refractivity contribution is 5.80. The Kier molecular flexibility index (Phi) is 4.50. The summed E-state index contributed by atoms with van der Waals surface area (Å²) < 4.78 is 5.50. The first-order chi connectivity index (χ1) is 9.94. The van der Waals surface area contributed by atoms with Crippen LogP contribution in [0.5, 0.6) is 5.75 Å². The molecule has 2 rings (SSSR count). The molecule has 0 radical (unpaired) electrons. The molecule has 114 valence electrons. The summed E-state index contributed by atoms with van der Waals surface area (Å²) in [4.78, 5) is 23.0. The number of aryl methyl sites for hydroxylation is 1. The molecule has 0 spiro atoms. The van der Waals surface area contributed by atoms with Gasteiger partial charge in [0.2, 0.25) is 0 Å². The third kappa shape index (κ3) is 3.35. The minimum Gasteiger partial charge on any atom is -0.483 e. The lowest BCUT2D eigenvalue weighted by Crippen LogP contribution is -2.48. The molecule has 2 N–H and O–H groups in total. The van der Waals surface area contributed by atoms with E-state index in [2.05, 4.69) is 5.32 Å². The molecule has 5 nitrogen and oxygen atoms in total. The van der Waals surface area contributed by atoms with Crippen LogP contribution in [0.4, 0.5) is 0 Å². The molecule has 1 aliphatic rings. The van der Waals surface area contributed by atoms with Gasteiger partial charge in [-0.25, -0.2) is 0 Å². The maximum Gasteiger partial charge on any atom is 0.311 e. The van der Waals surface area contributed by atoms with Crippen LogP contribution in [-0.4, -0.2) is 30.1 Å². The van der Waals surface area contributed by atoms with E-state index in [-0.39, 0.29) is 19.1 Å². The number of ether oxygens (including phenoxy) is 1. The summed E-state index contributed by atoms with van der Waals surface area (Å²) in [6.45, 7) is 4.00. The van der Waals surface area contributed by atoms with Crippen LogP contribution < -0.4 is 10.1 Å². The second-order valence-electron chi connectivity index (χ2n) is 5.70. The van der Waals surface area contributed by atoms with Gasteiger partial charge >= 0.3 is 5.97 Å². The second-order valence-corrected chi connectivity index (χ2v) is 5.70. The van der Waals surface area contributed by atoms with Gasteiger partial charge in [0.25, 0.3) is 5.91 Å². The van der Waals surface area contributed by atoms with Crippen LogP contribution in [0.1, 0.15) is 30.4 Å². The van der Waals surface area contributed by atoms with E-state index in [0.717, 1.165) is 17.5 Å². The first kappa shape index (κ1) is 15.4. The van der Waals surface area contributed by atoms with Crippen molar-refractivity contribution in [2.75, 3.05) is 13.2 Å². The number of carboxylic acids is 1. The van der Waals surface area contributed by atoms with Crippen LogP contribution >= 0.6 is 0 Å². The zero-order valence-corrected chi connectivity index (χ0v) is 12.4. The van der Waals surface area contributed by atoms with Crippen molar-refractivity contribution in [2.24, 2.45) is 5.41 Å². The predicted octanol–water partition coefficient (Wildman–Crippen LogP) is 2.05. The van der Waals surface area contributed by atoms with E-state index in [0.29, 0.717) is 18.6 Å². The van der Waals surface area contributed by atoms with E-state index >= 15 is 0 Å². The Labute approximate surface area is 124 Å². The van der Waals surface area contributed by atoms with Crippen LogP contribution in [0, 0.1) is 19.3 Å². The average Bonchev–Trinajstić information content (AvgIpc) is 2.39. The van der Waals surface area contributed by atoms with Gasteiger partial charge in [-0.15, -0.1) is 0 Å². The van der Waals surface area contributed by atoms with Crippen molar-refractivity contribution in [3.05, 3.63) is 29.3 Å². The fourth-order valence-corrected chi connectivity index (χ4v) is 2.41. The van der Waals surface area contributed by atoms with Gasteiger partial charge in [-0.2, -0.15) is 0 Å². The van der Waals surface area contributed by atoms with E-state index < -0.39 is 11.4 Å². The van der Waals surface area contributed by atoms with E-state index in [4.69, 9.17) is 4.74 Å². The Balaban J connectivity index is 1.83. The molecule has 1 aromatic carbocycles. The zero-order chi connectivity index (χ0) is 15.5. The van der Waals surface area contributed by atoms with Crippen molar-refractivity contribution in [2.45, 2.75) is 33.1 Å². The molecule has 1 fully saturated rings. The molecule has 21 heavy (non-hydrogen) atoms. The minimum atomic E-state index is -0.829. The number of hydrogen-bond acceptors (Lipinski definition) is 3. The topological polar surface area (TPSA) is 75.6 Å². The number of carboxylic acid groups (broad SMARTS) is 1. The van der Waals surface area contributed by atoms with Gasteiger partial charge < -0.3 is 15.2 Å². The van der Waals surface area contributed by atoms with Crippen molar-refractivity contribution in [3.63, 3.8) is 0 Å². The number of hydrogen-bond donors (Lipinski definition) is 2. The summed E-state index contributed by atoms with van der Waals surface area (Å²) >= 11 is 0. The Morgan fingerprint density at radius 1 is 1.33 bits per heavy atom. The largest absolute Gasteiger partial charge is 0.483 e. The molecular weight excluding hydrogens is 270 g/mol. The Hall–Kier alpha value is -2.04. The van der Waals surface area contributed by atoms with Gasteiger partial charge in [-0.05, 0) is 43.9 Å². The minimum absolute atomic E-state index is 0.0972. The molecule has 0 saturated heterocycles. The van der Waals surface area contributed by atoms with E-state index in [1.54, 1.807) is 0 Å². The highest BCUT2D eigenvalue weighted by atomic mass is 16.5. The number of amides is 1. The monoisotopic (exact) mass is 291 g/mol. The normalized spacial score (nSPS) is 15.9. The summed E-state index contributed by atoms with van der Waals surface area (Å²) in [6.07, 6.45) is 2.15. The Bertz CT molecular complexity index is 549. The van der Waals surface area contributed by atoms with Gasteiger partial charge in [-0.1, -0.05) is 18.6 Å². The lowest BCUT2D eigenvalue weighted by Gasteiger charge is -2.37. The summed E-state index contributed by atoms with van der Waals surface area (Å²) in [5.74, 6) is -0.435. The molecule has 1 saturated carbocycles. The summed E-state index contributed by atoms with van der Waals surface area (Å²) in [7, 11) is 0. The Morgan fingerprint density at radius 3 is 2.62 bits per heavy atom. The molecule has 0 atom stereocenters. The predicted molar refractivity (Wildman–Crippen MR) is 78.3 cm³/mol. The number of benzene rings is 1. The Morgan fingerprint density at radius 2 is 2.05 bits per heavy atom.